The van der Waals surface area contributed by atoms with Gasteiger partial charge in [-0.2, -0.15) is 0 Å². The molecule has 0 rings (SSSR count). The van der Waals surface area contributed by atoms with E-state index in [1.54, 1.807) is 0 Å². The van der Waals surface area contributed by atoms with Crippen LogP contribution >= 0.6 is 0 Å². The first-order valence-corrected chi connectivity index (χ1v) is 13.2. The van der Waals surface area contributed by atoms with Gasteiger partial charge in [0.2, 0.25) is 0 Å². The lowest BCUT2D eigenvalue weighted by atomic mass is 9.78. The molecule has 39 heavy (non-hydrogen) atoms. The zero-order chi connectivity index (χ0) is 30.1. The molecule has 0 aliphatic rings. The highest BCUT2D eigenvalue weighted by atomic mass is 16.6. The van der Waals surface area contributed by atoms with Gasteiger partial charge in [0.25, 0.3) is 0 Å². The van der Waals surface area contributed by atoms with Crippen molar-refractivity contribution in [2.24, 2.45) is 22.7 Å². The van der Waals surface area contributed by atoms with E-state index in [-0.39, 0.29) is 31.7 Å². The number of hydrogen-bond donors (Lipinski definition) is 3. The van der Waals surface area contributed by atoms with Gasteiger partial charge in [-0.25, -0.2) is 14.4 Å². The SMILES string of the molecule is C=CC(=O)OCC(CO)(CO)C(CCC(C)C)OC(CCC(C)C)C(CO)(COC(=O)C=C)COC(=O)C=C. The van der Waals surface area contributed by atoms with E-state index in [1.807, 2.05) is 27.7 Å². The van der Waals surface area contributed by atoms with Crippen LogP contribution in [0.15, 0.2) is 38.0 Å². The average molecular weight is 557 g/mol. The van der Waals surface area contributed by atoms with Gasteiger partial charge in [-0.3, -0.25) is 0 Å². The minimum atomic E-state index is -1.41. The van der Waals surface area contributed by atoms with Crippen molar-refractivity contribution >= 4 is 17.9 Å². The van der Waals surface area contributed by atoms with Gasteiger partial charge in [-0.1, -0.05) is 47.4 Å². The fourth-order valence-electron chi connectivity index (χ4n) is 3.88. The van der Waals surface area contributed by atoms with E-state index in [0.717, 1.165) is 18.2 Å². The average Bonchev–Trinajstić information content (AvgIpc) is 2.93. The molecule has 0 aromatic rings. The first-order chi connectivity index (χ1) is 18.4. The second-order valence-corrected chi connectivity index (χ2v) is 10.7. The molecule has 0 fully saturated rings. The van der Waals surface area contributed by atoms with Crippen molar-refractivity contribution in [2.45, 2.75) is 65.6 Å². The number of hydrogen-bond acceptors (Lipinski definition) is 10. The van der Waals surface area contributed by atoms with Crippen molar-refractivity contribution in [1.82, 2.24) is 0 Å². The minimum Gasteiger partial charge on any atom is -0.462 e. The van der Waals surface area contributed by atoms with Crippen LogP contribution in [-0.4, -0.2) is 85.1 Å². The van der Waals surface area contributed by atoms with E-state index in [4.69, 9.17) is 18.9 Å². The van der Waals surface area contributed by atoms with E-state index < -0.39 is 60.8 Å². The Morgan fingerprint density at radius 1 is 0.615 bits per heavy atom. The molecule has 0 heterocycles. The first-order valence-electron chi connectivity index (χ1n) is 13.2. The molecule has 0 spiro atoms. The summed E-state index contributed by atoms with van der Waals surface area (Å²) in [6.45, 7) is 15.4. The Bertz CT molecular complexity index is 761. The second-order valence-electron chi connectivity index (χ2n) is 10.7. The molecule has 0 saturated carbocycles. The first kappa shape index (κ1) is 36.5. The molecule has 0 bridgehead atoms. The quantitative estimate of drug-likeness (QED) is 0.103. The molecule has 10 heteroatoms. The van der Waals surface area contributed by atoms with Crippen LogP contribution in [0.1, 0.15) is 53.4 Å². The lowest BCUT2D eigenvalue weighted by Gasteiger charge is -2.44. The third kappa shape index (κ3) is 12.5. The standard InChI is InChI=1S/C29H48O10/c1-8-25(33)36-18-28(15-30,16-31)23(13-11-21(4)5)39-24(14-12-22(6)7)29(17-32,19-37-26(34)9-2)20-38-27(35)10-3/h8-10,21-24,30-32H,1-3,11-20H2,4-7H3. The highest BCUT2D eigenvalue weighted by molar-refractivity contribution is 5.82. The molecule has 0 radical (unpaired) electrons. The van der Waals surface area contributed by atoms with Gasteiger partial charge in [-0.05, 0) is 37.5 Å². The Hall–Kier alpha value is -2.53. The van der Waals surface area contributed by atoms with Gasteiger partial charge < -0.3 is 34.3 Å². The van der Waals surface area contributed by atoms with E-state index >= 15 is 0 Å². The smallest absolute Gasteiger partial charge is 0.330 e. The van der Waals surface area contributed by atoms with Crippen LogP contribution in [0.25, 0.3) is 0 Å². The number of aliphatic hydroxyl groups is 3. The number of aliphatic hydroxyl groups excluding tert-OH is 3. The van der Waals surface area contributed by atoms with Crippen molar-refractivity contribution in [3.05, 3.63) is 38.0 Å². The predicted octanol–water partition coefficient (Wildman–Crippen LogP) is 2.75. The van der Waals surface area contributed by atoms with E-state index in [2.05, 4.69) is 19.7 Å². The summed E-state index contributed by atoms with van der Waals surface area (Å²) in [5.74, 6) is -1.74. The number of ether oxygens (including phenoxy) is 4. The van der Waals surface area contributed by atoms with Crippen LogP contribution in [0.3, 0.4) is 0 Å². The summed E-state index contributed by atoms with van der Waals surface area (Å²) in [4.78, 5) is 35.8. The molecule has 224 valence electrons. The highest BCUT2D eigenvalue weighted by Gasteiger charge is 2.47. The fourth-order valence-corrected chi connectivity index (χ4v) is 3.88. The molecule has 0 aliphatic heterocycles. The van der Waals surface area contributed by atoms with Crippen molar-refractivity contribution in [3.8, 4) is 0 Å². The van der Waals surface area contributed by atoms with Gasteiger partial charge in [0.1, 0.15) is 19.8 Å². The molecular formula is C29H48O10. The summed E-state index contributed by atoms with van der Waals surface area (Å²) in [6.07, 6.45) is 3.19. The molecule has 0 saturated heterocycles. The Kier molecular flexibility index (Phi) is 17.5. The predicted molar refractivity (Wildman–Crippen MR) is 146 cm³/mol. The zero-order valence-corrected chi connectivity index (χ0v) is 23.9. The van der Waals surface area contributed by atoms with Gasteiger partial charge in [0.15, 0.2) is 0 Å². The van der Waals surface area contributed by atoms with Crippen LogP contribution in [0, 0.1) is 22.7 Å². The molecular weight excluding hydrogens is 508 g/mol. The fraction of sp³-hybridized carbons (Fsp3) is 0.690. The number of rotatable bonds is 22. The number of carbonyl (C=O) groups excluding carboxylic acids is 3. The van der Waals surface area contributed by atoms with Crippen molar-refractivity contribution in [1.29, 1.82) is 0 Å². The van der Waals surface area contributed by atoms with Crippen LogP contribution in [0.4, 0.5) is 0 Å². The van der Waals surface area contributed by atoms with Gasteiger partial charge in [0.05, 0.1) is 42.9 Å². The van der Waals surface area contributed by atoms with Gasteiger partial charge in [0, 0.05) is 18.2 Å². The van der Waals surface area contributed by atoms with Crippen LogP contribution in [0.2, 0.25) is 0 Å². The summed E-state index contributed by atoms with van der Waals surface area (Å²) < 4.78 is 22.5. The molecule has 0 aliphatic carbocycles. The molecule has 0 amide bonds. The number of esters is 3. The lowest BCUT2D eigenvalue weighted by Crippen LogP contribution is -2.54. The number of carbonyl (C=O) groups is 3. The van der Waals surface area contributed by atoms with Gasteiger partial charge in [-0.15, -0.1) is 0 Å². The Labute approximate surface area is 232 Å². The highest BCUT2D eigenvalue weighted by Crippen LogP contribution is 2.37. The topological polar surface area (TPSA) is 149 Å². The Morgan fingerprint density at radius 2 is 0.923 bits per heavy atom. The monoisotopic (exact) mass is 556 g/mol. The normalized spacial score (nSPS) is 13.5. The maximum Gasteiger partial charge on any atom is 0.330 e. The molecule has 3 N–H and O–H groups in total. The molecule has 0 aromatic carbocycles. The third-order valence-electron chi connectivity index (χ3n) is 6.66. The molecule has 2 atom stereocenters. The zero-order valence-electron chi connectivity index (χ0n) is 23.9. The summed E-state index contributed by atoms with van der Waals surface area (Å²) in [6, 6.07) is 0. The van der Waals surface area contributed by atoms with Crippen molar-refractivity contribution < 1.29 is 48.7 Å². The molecule has 0 aromatic heterocycles. The third-order valence-corrected chi connectivity index (χ3v) is 6.66. The molecule has 2 unspecified atom stereocenters. The van der Waals surface area contributed by atoms with Crippen molar-refractivity contribution in [3.63, 3.8) is 0 Å². The Morgan fingerprint density at radius 3 is 1.21 bits per heavy atom. The second kappa shape index (κ2) is 18.7. The summed E-state index contributed by atoms with van der Waals surface area (Å²) in [7, 11) is 0. The summed E-state index contributed by atoms with van der Waals surface area (Å²) >= 11 is 0. The largest absolute Gasteiger partial charge is 0.462 e. The van der Waals surface area contributed by atoms with Crippen LogP contribution < -0.4 is 0 Å². The van der Waals surface area contributed by atoms with Gasteiger partial charge >= 0.3 is 17.9 Å². The lowest BCUT2D eigenvalue weighted by molar-refractivity contribution is -0.203. The maximum absolute atomic E-state index is 12.0. The van der Waals surface area contributed by atoms with Crippen molar-refractivity contribution in [2.75, 3.05) is 39.6 Å². The Balaban J connectivity index is 6.71. The minimum absolute atomic E-state index is 0.224. The van der Waals surface area contributed by atoms with E-state index in [0.29, 0.717) is 25.7 Å². The summed E-state index contributed by atoms with van der Waals surface area (Å²) in [5.41, 5.74) is -2.81. The van der Waals surface area contributed by atoms with Crippen LogP contribution in [0.5, 0.6) is 0 Å². The van der Waals surface area contributed by atoms with E-state index in [1.165, 1.54) is 0 Å². The van der Waals surface area contributed by atoms with E-state index in [9.17, 15) is 29.7 Å². The molecule has 10 nitrogen and oxygen atoms in total. The summed E-state index contributed by atoms with van der Waals surface area (Å²) in [5, 5.41) is 31.5. The maximum atomic E-state index is 12.0. The van der Waals surface area contributed by atoms with Crippen LogP contribution in [-0.2, 0) is 33.3 Å².